The maximum Gasteiger partial charge on any atom is 0.189 e. The number of aldehydes is 1. The van der Waals surface area contributed by atoms with Gasteiger partial charge in [0.25, 0.3) is 0 Å². The molecule has 1 N–H and O–H groups in total. The summed E-state index contributed by atoms with van der Waals surface area (Å²) in [5.74, 6) is 0.834. The van der Waals surface area contributed by atoms with Gasteiger partial charge in [0.05, 0.1) is 18.6 Å². The number of hydrogen-bond donors (Lipinski definition) is 1. The Morgan fingerprint density at radius 3 is 2.93 bits per heavy atom. The van der Waals surface area contributed by atoms with Gasteiger partial charge >= 0.3 is 0 Å². The largest absolute Gasteiger partial charge is 0.467 e. The second-order valence-electron chi connectivity index (χ2n) is 6.57. The first-order chi connectivity index (χ1) is 13.1. The Hall–Kier alpha value is -1.80. The summed E-state index contributed by atoms with van der Waals surface area (Å²) in [6.45, 7) is 1.24. The Bertz CT molecular complexity index is 733. The SMILES string of the molecule is COCCOCOC1=C2SC(c3ccc(N(C)C)cc3C=O)NC2CC=C1. The van der Waals surface area contributed by atoms with E-state index in [1.807, 2.05) is 43.3 Å². The van der Waals surface area contributed by atoms with Crippen LogP contribution in [0.25, 0.3) is 0 Å². The summed E-state index contributed by atoms with van der Waals surface area (Å²) in [5.41, 5.74) is 2.72. The molecule has 0 amide bonds. The third-order valence-electron chi connectivity index (χ3n) is 4.52. The van der Waals surface area contributed by atoms with E-state index in [0.29, 0.717) is 18.8 Å². The van der Waals surface area contributed by atoms with E-state index in [0.717, 1.165) is 34.6 Å². The Morgan fingerprint density at radius 1 is 1.33 bits per heavy atom. The van der Waals surface area contributed by atoms with E-state index in [4.69, 9.17) is 14.2 Å². The summed E-state index contributed by atoms with van der Waals surface area (Å²) in [6.07, 6.45) is 5.94. The van der Waals surface area contributed by atoms with Gasteiger partial charge in [-0.1, -0.05) is 12.1 Å². The lowest BCUT2D eigenvalue weighted by atomic mass is 10.0. The van der Waals surface area contributed by atoms with E-state index < -0.39 is 0 Å². The third kappa shape index (κ3) is 4.73. The quantitative estimate of drug-likeness (QED) is 0.395. The molecule has 3 rings (SSSR count). The Morgan fingerprint density at radius 2 is 2.19 bits per heavy atom. The molecule has 0 saturated carbocycles. The van der Waals surface area contributed by atoms with Crippen LogP contribution >= 0.6 is 11.8 Å². The zero-order valence-electron chi connectivity index (χ0n) is 15.9. The molecule has 1 aliphatic heterocycles. The number of nitrogens with zero attached hydrogens (tertiary/aromatic N) is 1. The van der Waals surface area contributed by atoms with Crippen molar-refractivity contribution in [3.63, 3.8) is 0 Å². The van der Waals surface area contributed by atoms with Crippen LogP contribution in [0.3, 0.4) is 0 Å². The van der Waals surface area contributed by atoms with Gasteiger partial charge in [0.15, 0.2) is 6.79 Å². The minimum atomic E-state index is 0.0225. The van der Waals surface area contributed by atoms with E-state index in [9.17, 15) is 4.79 Å². The molecule has 1 heterocycles. The molecule has 2 aliphatic rings. The fraction of sp³-hybridized carbons (Fsp3) is 0.450. The van der Waals surface area contributed by atoms with Crippen LogP contribution in [0.2, 0.25) is 0 Å². The number of carbonyl (C=O) groups excluding carboxylic acids is 1. The summed E-state index contributed by atoms with van der Waals surface area (Å²) in [5, 5.41) is 3.64. The number of benzene rings is 1. The molecule has 0 radical (unpaired) electrons. The molecule has 6 nitrogen and oxygen atoms in total. The smallest absolute Gasteiger partial charge is 0.189 e. The van der Waals surface area contributed by atoms with E-state index in [1.165, 1.54) is 0 Å². The van der Waals surface area contributed by atoms with E-state index in [1.54, 1.807) is 18.9 Å². The topological polar surface area (TPSA) is 60.0 Å². The molecule has 0 spiro atoms. The van der Waals surface area contributed by atoms with Crippen LogP contribution in [0.4, 0.5) is 5.69 Å². The monoisotopic (exact) mass is 390 g/mol. The molecule has 0 bridgehead atoms. The van der Waals surface area contributed by atoms with Crippen LogP contribution < -0.4 is 10.2 Å². The first-order valence-electron chi connectivity index (χ1n) is 8.93. The Balaban J connectivity index is 1.72. The number of methoxy groups -OCH3 is 1. The van der Waals surface area contributed by atoms with Gasteiger partial charge in [-0.15, -0.1) is 11.8 Å². The fourth-order valence-corrected chi connectivity index (χ4v) is 4.46. The predicted molar refractivity (Wildman–Crippen MR) is 108 cm³/mol. The standard InChI is InChI=1S/C20H26N2O4S/c1-22(2)15-7-8-16(14(11-15)12-23)20-21-17-5-4-6-18(19(17)27-20)26-13-25-10-9-24-3/h4,6-8,11-12,17,20-21H,5,9-10,13H2,1-3H3. The van der Waals surface area contributed by atoms with Gasteiger partial charge in [0, 0.05) is 43.4 Å². The number of anilines is 1. The minimum Gasteiger partial charge on any atom is -0.467 e. The number of thioether (sulfide) groups is 1. The first-order valence-corrected chi connectivity index (χ1v) is 9.81. The van der Waals surface area contributed by atoms with Crippen molar-refractivity contribution in [2.24, 2.45) is 0 Å². The average Bonchev–Trinajstić information content (AvgIpc) is 3.12. The molecule has 2 atom stereocenters. The zero-order chi connectivity index (χ0) is 19.2. The highest BCUT2D eigenvalue weighted by molar-refractivity contribution is 8.03. The highest BCUT2D eigenvalue weighted by Gasteiger charge is 2.35. The number of hydrogen-bond acceptors (Lipinski definition) is 7. The third-order valence-corrected chi connectivity index (χ3v) is 5.89. The van der Waals surface area contributed by atoms with Crippen LogP contribution in [0.5, 0.6) is 0 Å². The van der Waals surface area contributed by atoms with Crippen molar-refractivity contribution >= 4 is 23.7 Å². The normalized spacial score (nSPS) is 21.3. The van der Waals surface area contributed by atoms with Crippen LogP contribution in [0.15, 0.2) is 41.0 Å². The lowest BCUT2D eigenvalue weighted by Gasteiger charge is -2.18. The molecule has 1 aromatic carbocycles. The van der Waals surface area contributed by atoms with Crippen molar-refractivity contribution in [3.8, 4) is 0 Å². The van der Waals surface area contributed by atoms with Crippen LogP contribution in [0, 0.1) is 0 Å². The van der Waals surface area contributed by atoms with E-state index >= 15 is 0 Å². The molecule has 146 valence electrons. The van der Waals surface area contributed by atoms with Crippen LogP contribution in [-0.4, -0.2) is 53.5 Å². The Labute approximate surface area is 164 Å². The number of fused-ring (bicyclic) bond motifs is 1. The number of nitrogens with one attached hydrogen (secondary N) is 1. The van der Waals surface area contributed by atoms with Crippen molar-refractivity contribution in [2.45, 2.75) is 17.8 Å². The van der Waals surface area contributed by atoms with Gasteiger partial charge in [-0.25, -0.2) is 0 Å². The lowest BCUT2D eigenvalue weighted by molar-refractivity contribution is -0.0371. The highest BCUT2D eigenvalue weighted by Crippen LogP contribution is 2.46. The first kappa shape index (κ1) is 19.9. The van der Waals surface area contributed by atoms with Gasteiger partial charge in [-0.3, -0.25) is 10.1 Å². The number of rotatable bonds is 9. The summed E-state index contributed by atoms with van der Waals surface area (Å²) in [6, 6.07) is 6.20. The molecular formula is C20H26N2O4S. The number of ether oxygens (including phenoxy) is 3. The zero-order valence-corrected chi connectivity index (χ0v) is 16.8. The number of carbonyl (C=O) groups is 1. The second-order valence-corrected chi connectivity index (χ2v) is 7.72. The fourth-order valence-electron chi connectivity index (χ4n) is 3.06. The van der Waals surface area contributed by atoms with E-state index in [-0.39, 0.29) is 18.2 Å². The molecule has 0 aromatic heterocycles. The minimum absolute atomic E-state index is 0.0225. The van der Waals surface area contributed by atoms with Gasteiger partial charge in [0.2, 0.25) is 0 Å². The molecule has 2 unspecified atom stereocenters. The number of allylic oxidation sites excluding steroid dienone is 1. The van der Waals surface area contributed by atoms with Gasteiger partial charge in [-0.2, -0.15) is 0 Å². The highest BCUT2D eigenvalue weighted by atomic mass is 32.2. The van der Waals surface area contributed by atoms with Gasteiger partial charge < -0.3 is 19.1 Å². The van der Waals surface area contributed by atoms with Gasteiger partial charge in [0.1, 0.15) is 12.0 Å². The molecule has 27 heavy (non-hydrogen) atoms. The van der Waals surface area contributed by atoms with Crippen molar-refractivity contribution in [1.29, 1.82) is 0 Å². The average molecular weight is 391 g/mol. The summed E-state index contributed by atoms with van der Waals surface area (Å²) >= 11 is 1.71. The molecular weight excluding hydrogens is 364 g/mol. The molecule has 7 heteroatoms. The van der Waals surface area contributed by atoms with Crippen LogP contribution in [0.1, 0.15) is 27.7 Å². The lowest BCUT2D eigenvalue weighted by Crippen LogP contribution is -2.26. The maximum absolute atomic E-state index is 11.6. The second kappa shape index (κ2) is 9.41. The van der Waals surface area contributed by atoms with Crippen molar-refractivity contribution in [1.82, 2.24) is 5.32 Å². The predicted octanol–water partition coefficient (Wildman–Crippen LogP) is 3.08. The maximum atomic E-state index is 11.6. The summed E-state index contributed by atoms with van der Waals surface area (Å²) in [7, 11) is 5.58. The van der Waals surface area contributed by atoms with Crippen molar-refractivity contribution in [2.75, 3.05) is 46.1 Å². The van der Waals surface area contributed by atoms with Crippen molar-refractivity contribution < 1.29 is 19.0 Å². The van der Waals surface area contributed by atoms with Crippen molar-refractivity contribution in [3.05, 3.63) is 52.1 Å². The molecule has 1 fully saturated rings. The van der Waals surface area contributed by atoms with Crippen LogP contribution in [-0.2, 0) is 14.2 Å². The summed E-state index contributed by atoms with van der Waals surface area (Å²) in [4.78, 5) is 14.8. The van der Waals surface area contributed by atoms with E-state index in [2.05, 4.69) is 11.4 Å². The molecule has 1 aliphatic carbocycles. The molecule has 1 aromatic rings. The molecule has 1 saturated heterocycles. The summed E-state index contributed by atoms with van der Waals surface area (Å²) < 4.78 is 16.2. The Kier molecular flexibility index (Phi) is 6.95. The van der Waals surface area contributed by atoms with Gasteiger partial charge in [-0.05, 0) is 30.2 Å².